The molecule has 17 heavy (non-hydrogen) atoms. The molecule has 0 radical (unpaired) electrons. The van der Waals surface area contributed by atoms with Gasteiger partial charge in [-0.3, -0.25) is 4.79 Å². The predicted octanol–water partition coefficient (Wildman–Crippen LogP) is 3.12. The van der Waals surface area contributed by atoms with Crippen LogP contribution in [0.2, 0.25) is 0 Å². The molecule has 2 aromatic carbocycles. The number of carbonyl (C=O) groups is 1. The van der Waals surface area contributed by atoms with Gasteiger partial charge >= 0.3 is 0 Å². The molecule has 3 heteroatoms. The number of ketones is 1. The maximum atomic E-state index is 11.9. The summed E-state index contributed by atoms with van der Waals surface area (Å²) in [6.45, 7) is 0. The van der Waals surface area contributed by atoms with E-state index in [9.17, 15) is 4.79 Å². The van der Waals surface area contributed by atoms with Crippen LogP contribution in [0.5, 0.6) is 0 Å². The van der Waals surface area contributed by atoms with Gasteiger partial charge in [-0.1, -0.05) is 42.5 Å². The molecule has 86 valence electrons. The standard InChI is InChI=1S/C13H11NO.CH2S/c14-12-8-6-11(7-9-12)13(15)10-4-2-1-3-5-10;1-2/h1-9H,14H2;1H2. The van der Waals surface area contributed by atoms with Crippen molar-refractivity contribution < 1.29 is 4.79 Å². The molecule has 0 aliphatic rings. The van der Waals surface area contributed by atoms with Crippen molar-refractivity contribution >= 4 is 29.6 Å². The fraction of sp³-hybridized carbons (Fsp3) is 0. The third-order valence-corrected chi connectivity index (χ3v) is 2.21. The monoisotopic (exact) mass is 243 g/mol. The molecule has 0 fully saturated rings. The first kappa shape index (κ1) is 13.1. The van der Waals surface area contributed by atoms with Gasteiger partial charge in [-0.05, 0) is 30.1 Å². The van der Waals surface area contributed by atoms with Gasteiger partial charge in [0.2, 0.25) is 0 Å². The van der Waals surface area contributed by atoms with E-state index in [1.807, 2.05) is 18.2 Å². The number of hydrogen-bond donors (Lipinski definition) is 1. The van der Waals surface area contributed by atoms with Gasteiger partial charge in [0.05, 0.1) is 0 Å². The minimum absolute atomic E-state index is 0.0237. The fourth-order valence-corrected chi connectivity index (χ4v) is 1.39. The Kier molecular flexibility index (Phi) is 5.04. The molecule has 2 N–H and O–H groups in total. The van der Waals surface area contributed by atoms with Crippen LogP contribution in [0.25, 0.3) is 0 Å². The van der Waals surface area contributed by atoms with Crippen molar-refractivity contribution in [3.05, 3.63) is 65.7 Å². The van der Waals surface area contributed by atoms with Crippen molar-refractivity contribution in [1.29, 1.82) is 0 Å². The number of thiocarbonyl (C=S) groups is 1. The summed E-state index contributed by atoms with van der Waals surface area (Å²) >= 11 is 3.83. The van der Waals surface area contributed by atoms with Gasteiger partial charge in [0, 0.05) is 16.8 Å². The highest BCUT2D eigenvalue weighted by Crippen LogP contribution is 2.11. The SMILES string of the molecule is C=S.Nc1ccc(C(=O)c2ccccc2)cc1. The van der Waals surface area contributed by atoms with Crippen molar-refractivity contribution in [1.82, 2.24) is 0 Å². The van der Waals surface area contributed by atoms with Gasteiger partial charge in [0.1, 0.15) is 0 Å². The topological polar surface area (TPSA) is 43.1 Å². The summed E-state index contributed by atoms with van der Waals surface area (Å²) in [5.41, 5.74) is 7.58. The molecule has 0 amide bonds. The molecule has 0 unspecified atom stereocenters. The normalized spacial score (nSPS) is 8.94. The Bertz CT molecular complexity index is 479. The average Bonchev–Trinajstić information content (AvgIpc) is 2.42. The van der Waals surface area contributed by atoms with Gasteiger partial charge in [-0.2, -0.15) is 0 Å². The third kappa shape index (κ3) is 3.50. The third-order valence-electron chi connectivity index (χ3n) is 2.21. The highest BCUT2D eigenvalue weighted by molar-refractivity contribution is 7.77. The minimum atomic E-state index is 0.0237. The average molecular weight is 243 g/mol. The van der Waals surface area contributed by atoms with Crippen LogP contribution in [-0.4, -0.2) is 11.7 Å². The van der Waals surface area contributed by atoms with Crippen LogP contribution in [-0.2, 0) is 0 Å². The Morgan fingerprint density at radius 1 is 0.882 bits per heavy atom. The van der Waals surface area contributed by atoms with Gasteiger partial charge in [0.25, 0.3) is 0 Å². The van der Waals surface area contributed by atoms with E-state index in [-0.39, 0.29) is 5.78 Å². The van der Waals surface area contributed by atoms with Crippen LogP contribution >= 0.6 is 12.2 Å². The lowest BCUT2D eigenvalue weighted by Crippen LogP contribution is -2.00. The number of benzene rings is 2. The summed E-state index contributed by atoms with van der Waals surface area (Å²) in [5.74, 6) is 2.86. The number of rotatable bonds is 2. The molecule has 0 spiro atoms. The van der Waals surface area contributed by atoms with Gasteiger partial charge in [-0.15, -0.1) is 0 Å². The Labute approximate surface area is 106 Å². The second-order valence-electron chi connectivity index (χ2n) is 3.32. The largest absolute Gasteiger partial charge is 0.399 e. The zero-order valence-electron chi connectivity index (χ0n) is 9.30. The fourth-order valence-electron chi connectivity index (χ4n) is 1.39. The molecule has 2 aromatic rings. The Morgan fingerprint density at radius 2 is 1.35 bits per heavy atom. The number of nitrogen functional groups attached to an aromatic ring is 1. The van der Waals surface area contributed by atoms with Crippen LogP contribution in [0.4, 0.5) is 5.69 Å². The lowest BCUT2D eigenvalue weighted by atomic mass is 10.0. The maximum absolute atomic E-state index is 11.9. The molecule has 0 bridgehead atoms. The van der Waals surface area contributed by atoms with E-state index in [0.717, 1.165) is 0 Å². The number of nitrogens with two attached hydrogens (primary N) is 1. The van der Waals surface area contributed by atoms with Crippen LogP contribution in [0.3, 0.4) is 0 Å². The molecule has 2 rings (SSSR count). The highest BCUT2D eigenvalue weighted by atomic mass is 32.1. The molecule has 0 aromatic heterocycles. The van der Waals surface area contributed by atoms with Crippen molar-refractivity contribution in [2.45, 2.75) is 0 Å². The molecule has 0 atom stereocenters. The van der Waals surface area contributed by atoms with Crippen molar-refractivity contribution in [3.8, 4) is 0 Å². The Hall–Kier alpha value is -2.00. The smallest absolute Gasteiger partial charge is 0.193 e. The van der Waals surface area contributed by atoms with Gasteiger partial charge < -0.3 is 5.73 Å². The molecule has 2 nitrogen and oxygen atoms in total. The lowest BCUT2D eigenvalue weighted by molar-refractivity contribution is 0.103. The van der Waals surface area contributed by atoms with Gasteiger partial charge in [0.15, 0.2) is 5.78 Å². The minimum Gasteiger partial charge on any atom is -0.399 e. The molecule has 0 aliphatic carbocycles. The van der Waals surface area contributed by atoms with Crippen LogP contribution < -0.4 is 5.73 Å². The molecule has 0 aliphatic heterocycles. The Balaban J connectivity index is 0.000000686. The quantitative estimate of drug-likeness (QED) is 0.500. The number of carbonyl (C=O) groups excluding carboxylic acids is 1. The van der Waals surface area contributed by atoms with Gasteiger partial charge in [-0.25, -0.2) is 0 Å². The molecular weight excluding hydrogens is 230 g/mol. The van der Waals surface area contributed by atoms with Crippen molar-refractivity contribution in [2.75, 3.05) is 5.73 Å². The summed E-state index contributed by atoms with van der Waals surface area (Å²) in [7, 11) is 0. The zero-order valence-corrected chi connectivity index (χ0v) is 10.1. The van der Waals surface area contributed by atoms with E-state index in [4.69, 9.17) is 5.73 Å². The molecular formula is C14H13NOS. The summed E-state index contributed by atoms with van der Waals surface area (Å²) in [6.07, 6.45) is 0. The summed E-state index contributed by atoms with van der Waals surface area (Å²) in [4.78, 5) is 11.9. The summed E-state index contributed by atoms with van der Waals surface area (Å²) in [6, 6.07) is 16.1. The van der Waals surface area contributed by atoms with E-state index in [1.54, 1.807) is 36.4 Å². The first-order valence-corrected chi connectivity index (χ1v) is 5.59. The summed E-state index contributed by atoms with van der Waals surface area (Å²) in [5, 5.41) is 0. The molecule has 0 saturated carbocycles. The number of hydrogen-bond acceptors (Lipinski definition) is 3. The second kappa shape index (κ2) is 6.55. The second-order valence-corrected chi connectivity index (χ2v) is 3.32. The Morgan fingerprint density at radius 3 is 1.88 bits per heavy atom. The van der Waals surface area contributed by atoms with E-state index < -0.39 is 0 Å². The van der Waals surface area contributed by atoms with Crippen LogP contribution in [0.15, 0.2) is 54.6 Å². The van der Waals surface area contributed by atoms with E-state index in [2.05, 4.69) is 18.1 Å². The molecule has 0 heterocycles. The van der Waals surface area contributed by atoms with Crippen molar-refractivity contribution in [3.63, 3.8) is 0 Å². The van der Waals surface area contributed by atoms with E-state index >= 15 is 0 Å². The predicted molar refractivity (Wildman–Crippen MR) is 75.4 cm³/mol. The van der Waals surface area contributed by atoms with E-state index in [1.165, 1.54) is 0 Å². The van der Waals surface area contributed by atoms with Crippen LogP contribution in [0, 0.1) is 0 Å². The maximum Gasteiger partial charge on any atom is 0.193 e. The van der Waals surface area contributed by atoms with Crippen LogP contribution in [0.1, 0.15) is 15.9 Å². The van der Waals surface area contributed by atoms with Crippen molar-refractivity contribution in [2.24, 2.45) is 0 Å². The lowest BCUT2D eigenvalue weighted by Gasteiger charge is -2.00. The molecule has 0 saturated heterocycles. The number of anilines is 1. The highest BCUT2D eigenvalue weighted by Gasteiger charge is 2.06. The first-order chi connectivity index (χ1) is 8.27. The zero-order chi connectivity index (χ0) is 12.7. The summed E-state index contributed by atoms with van der Waals surface area (Å²) < 4.78 is 0. The first-order valence-electron chi connectivity index (χ1n) is 5.01. The van der Waals surface area contributed by atoms with E-state index in [0.29, 0.717) is 16.8 Å².